The summed E-state index contributed by atoms with van der Waals surface area (Å²) < 4.78 is 15.9. The molecule has 19 heteroatoms. The van der Waals surface area contributed by atoms with Crippen LogP contribution < -0.4 is 27.2 Å². The van der Waals surface area contributed by atoms with Crippen molar-refractivity contribution in [2.45, 2.75) is 19.4 Å². The third kappa shape index (κ3) is 12.3. The Bertz CT molecular complexity index is 1560. The molecule has 0 aliphatic rings. The third-order valence-electron chi connectivity index (χ3n) is 6.10. The Morgan fingerprint density at radius 1 is 1.02 bits per heavy atom. The van der Waals surface area contributed by atoms with Gasteiger partial charge in [-0.2, -0.15) is 4.98 Å². The molecule has 0 saturated carbocycles. The molecule has 3 aromatic rings. The number of carbonyl (C=O) groups is 3. The summed E-state index contributed by atoms with van der Waals surface area (Å²) in [6, 6.07) is 6.51. The van der Waals surface area contributed by atoms with Crippen LogP contribution in [-0.4, -0.2) is 95.6 Å². The monoisotopic (exact) mass is 641 g/mol. The molecule has 7 N–H and O–H groups in total. The number of carboxylic acid groups (broad SMARTS) is 1. The van der Waals surface area contributed by atoms with Crippen molar-refractivity contribution < 1.29 is 33.7 Å². The zero-order chi connectivity index (χ0) is 33.1. The van der Waals surface area contributed by atoms with Crippen LogP contribution in [0.2, 0.25) is 0 Å². The minimum atomic E-state index is -1.43. The van der Waals surface area contributed by atoms with Crippen molar-refractivity contribution in [3.63, 3.8) is 0 Å². The smallest absolute Gasteiger partial charge is 0.316 e. The van der Waals surface area contributed by atoms with Crippen LogP contribution >= 0.6 is 0 Å². The van der Waals surface area contributed by atoms with Crippen molar-refractivity contribution in [2.24, 2.45) is 11.0 Å². The fourth-order valence-electron chi connectivity index (χ4n) is 3.83. The summed E-state index contributed by atoms with van der Waals surface area (Å²) in [5.41, 5.74) is 14.9. The molecule has 1 aromatic carbocycles. The number of carbonyl (C=O) groups excluding carboxylic acids is 2. The van der Waals surface area contributed by atoms with Crippen LogP contribution in [0.1, 0.15) is 18.5 Å². The number of nitrogen functional groups attached to an aromatic ring is 1. The normalized spacial score (nSPS) is 11.4. The van der Waals surface area contributed by atoms with E-state index in [1.54, 1.807) is 24.3 Å². The number of benzene rings is 1. The van der Waals surface area contributed by atoms with E-state index >= 15 is 0 Å². The Morgan fingerprint density at radius 3 is 2.39 bits per heavy atom. The van der Waals surface area contributed by atoms with Crippen molar-refractivity contribution in [1.82, 2.24) is 25.3 Å². The van der Waals surface area contributed by atoms with E-state index in [1.807, 2.05) is 0 Å². The number of aromatic amines is 1. The highest BCUT2D eigenvalue weighted by Gasteiger charge is 2.27. The highest BCUT2D eigenvalue weighted by atomic mass is 16.5. The van der Waals surface area contributed by atoms with Gasteiger partial charge in [-0.25, -0.2) is 9.97 Å². The van der Waals surface area contributed by atoms with E-state index in [2.05, 4.69) is 45.9 Å². The van der Waals surface area contributed by atoms with E-state index in [4.69, 9.17) is 25.5 Å². The van der Waals surface area contributed by atoms with Gasteiger partial charge in [-0.1, -0.05) is 5.11 Å². The van der Waals surface area contributed by atoms with Gasteiger partial charge in [-0.05, 0) is 36.2 Å². The molecule has 0 fully saturated rings. The lowest BCUT2D eigenvalue weighted by Gasteiger charge is -2.14. The molecule has 2 heterocycles. The maximum atomic E-state index is 12.7. The van der Waals surface area contributed by atoms with Crippen molar-refractivity contribution in [3.05, 3.63) is 57.0 Å². The lowest BCUT2D eigenvalue weighted by Crippen LogP contribution is -2.32. The first-order valence-corrected chi connectivity index (χ1v) is 14.2. The zero-order valence-corrected chi connectivity index (χ0v) is 24.8. The average Bonchev–Trinajstić information content (AvgIpc) is 3.03. The maximum absolute atomic E-state index is 12.7. The molecule has 19 nitrogen and oxygen atoms in total. The summed E-state index contributed by atoms with van der Waals surface area (Å²) in [5.74, 6) is -3.99. The van der Waals surface area contributed by atoms with Crippen molar-refractivity contribution in [1.29, 1.82) is 0 Å². The number of nitrogens with two attached hydrogens (primary N) is 1. The number of rotatable bonds is 21. The summed E-state index contributed by atoms with van der Waals surface area (Å²) in [5, 5.41) is 21.2. The number of nitrogens with zero attached hydrogens (tertiary/aromatic N) is 6. The second-order valence-electron chi connectivity index (χ2n) is 9.48. The molecule has 0 bridgehead atoms. The Kier molecular flexibility index (Phi) is 14.6. The Balaban J connectivity index is 1.32. The maximum Gasteiger partial charge on any atom is 0.316 e. The molecule has 2 aromatic heterocycles. The second kappa shape index (κ2) is 19.1. The van der Waals surface area contributed by atoms with Gasteiger partial charge < -0.3 is 41.0 Å². The number of H-pyrrole nitrogens is 1. The van der Waals surface area contributed by atoms with Gasteiger partial charge >= 0.3 is 5.97 Å². The molecular formula is C27H35N11O8. The zero-order valence-electron chi connectivity index (χ0n) is 24.8. The number of carboxylic acids is 1. The first-order valence-electron chi connectivity index (χ1n) is 14.2. The van der Waals surface area contributed by atoms with Crippen molar-refractivity contribution in [3.8, 4) is 0 Å². The summed E-state index contributed by atoms with van der Waals surface area (Å²) in [6.07, 6.45) is 1.11. The molecule has 2 amide bonds. The van der Waals surface area contributed by atoms with Crippen LogP contribution in [-0.2, 0) is 35.1 Å². The third-order valence-corrected chi connectivity index (χ3v) is 6.10. The molecule has 1 atom stereocenters. The summed E-state index contributed by atoms with van der Waals surface area (Å²) in [4.78, 5) is 65.8. The number of anilines is 3. The number of nitrogens with one attached hydrogen (secondary N) is 4. The lowest BCUT2D eigenvalue weighted by molar-refractivity contribution is -0.145. The number of ether oxygens (including phenoxy) is 3. The molecule has 3 rings (SSSR count). The number of amides is 2. The predicted octanol–water partition coefficient (Wildman–Crippen LogP) is 0.803. The second-order valence-corrected chi connectivity index (χ2v) is 9.48. The molecule has 0 radical (unpaired) electrons. The van der Waals surface area contributed by atoms with Crippen LogP contribution in [0.15, 0.2) is 40.4 Å². The van der Waals surface area contributed by atoms with Gasteiger partial charge in [0.05, 0.1) is 58.1 Å². The first-order chi connectivity index (χ1) is 22.3. The number of hydrogen-bond donors (Lipinski definition) is 6. The Labute approximate surface area is 261 Å². The highest BCUT2D eigenvalue weighted by Crippen LogP contribution is 2.17. The molecule has 0 unspecified atom stereocenters. The Hall–Kier alpha value is -5.36. The molecule has 0 saturated heterocycles. The van der Waals surface area contributed by atoms with Crippen LogP contribution in [0.5, 0.6) is 0 Å². The molecule has 0 aliphatic heterocycles. The molecule has 46 heavy (non-hydrogen) atoms. The van der Waals surface area contributed by atoms with Crippen molar-refractivity contribution in [2.75, 3.05) is 69.1 Å². The van der Waals surface area contributed by atoms with Crippen molar-refractivity contribution >= 4 is 46.3 Å². The lowest BCUT2D eigenvalue weighted by atomic mass is 10.0. The van der Waals surface area contributed by atoms with E-state index in [0.29, 0.717) is 50.1 Å². The number of fused-ring (bicyclic) bond motifs is 1. The van der Waals surface area contributed by atoms with Gasteiger partial charge in [0.15, 0.2) is 11.2 Å². The first kappa shape index (κ1) is 35.1. The number of aliphatic carboxylic acids is 1. The molecular weight excluding hydrogens is 606 g/mol. The largest absolute Gasteiger partial charge is 0.481 e. The van der Waals surface area contributed by atoms with Gasteiger partial charge in [-0.15, -0.1) is 0 Å². The topological polar surface area (TPSA) is 282 Å². The summed E-state index contributed by atoms with van der Waals surface area (Å²) >= 11 is 0. The fourth-order valence-corrected chi connectivity index (χ4v) is 3.83. The minimum Gasteiger partial charge on any atom is -0.481 e. The van der Waals surface area contributed by atoms with Crippen LogP contribution in [0.4, 0.5) is 17.3 Å². The average molecular weight is 642 g/mol. The minimum absolute atomic E-state index is 0.0534. The van der Waals surface area contributed by atoms with Gasteiger partial charge in [0.2, 0.25) is 17.8 Å². The number of hydrogen-bond acceptors (Lipinski definition) is 13. The van der Waals surface area contributed by atoms with Crippen LogP contribution in [0, 0.1) is 5.92 Å². The van der Waals surface area contributed by atoms with Gasteiger partial charge in [-0.3, -0.25) is 24.2 Å². The standard InChI is InChI=1S/C27H35N11O8/c28-27-36-23-22(25(41)37-27)34-19(16-32-23)15-31-17-1-3-18(4-2-17)35-24(40)20(26(42)43)5-6-21(39)30-7-9-44-11-13-46-14-12-45-10-8-33-38-29/h1-4,16,20,31H,5-15H2,(H,30,39)(H,35,40)(H,42,43)(H3,28,32,36,37,41)/t20-/m0/s1. The van der Waals surface area contributed by atoms with Crippen LogP contribution in [0.25, 0.3) is 21.6 Å². The predicted molar refractivity (Wildman–Crippen MR) is 165 cm³/mol. The van der Waals surface area contributed by atoms with E-state index in [1.165, 1.54) is 6.20 Å². The molecule has 246 valence electrons. The number of azide groups is 1. The van der Waals surface area contributed by atoms with E-state index in [9.17, 15) is 24.3 Å². The van der Waals surface area contributed by atoms with Gasteiger partial charge in [0.25, 0.3) is 5.56 Å². The molecule has 0 spiro atoms. The fraction of sp³-hybridized carbons (Fsp3) is 0.444. The molecule has 0 aliphatic carbocycles. The number of aromatic nitrogens is 4. The highest BCUT2D eigenvalue weighted by molar-refractivity contribution is 6.04. The summed E-state index contributed by atoms with van der Waals surface area (Å²) in [6.45, 7) is 2.63. The summed E-state index contributed by atoms with van der Waals surface area (Å²) in [7, 11) is 0. The van der Waals surface area contributed by atoms with E-state index in [0.717, 1.165) is 0 Å². The quantitative estimate of drug-likeness (QED) is 0.0309. The Morgan fingerprint density at radius 2 is 1.70 bits per heavy atom. The SMILES string of the molecule is [N-]=[N+]=NCCOCCOCCOCCNC(=O)CC[C@H](C(=O)O)C(=O)Nc1ccc(NCc2cnc3nc(N)[nH]c(=O)c3n2)cc1. The van der Waals surface area contributed by atoms with Gasteiger partial charge in [0, 0.05) is 35.8 Å². The van der Waals surface area contributed by atoms with E-state index < -0.39 is 29.3 Å². The van der Waals surface area contributed by atoms with Crippen LogP contribution in [0.3, 0.4) is 0 Å². The van der Waals surface area contributed by atoms with Gasteiger partial charge in [0.1, 0.15) is 5.92 Å². The van der Waals surface area contributed by atoms with E-state index in [-0.39, 0.29) is 56.2 Å².